The number of hydrogen-bond acceptors (Lipinski definition) is 5. The van der Waals surface area contributed by atoms with E-state index in [2.05, 4.69) is 0 Å². The van der Waals surface area contributed by atoms with Crippen molar-refractivity contribution in [1.82, 2.24) is 0 Å². The highest BCUT2D eigenvalue weighted by molar-refractivity contribution is 6.10. The molecule has 0 saturated carbocycles. The van der Waals surface area contributed by atoms with Crippen molar-refractivity contribution in [2.45, 2.75) is 19.3 Å². The predicted octanol–water partition coefficient (Wildman–Crippen LogP) is 3.61. The number of methoxy groups -OCH3 is 1. The van der Waals surface area contributed by atoms with Gasteiger partial charge in [0.25, 0.3) is 0 Å². The fraction of sp³-hybridized carbons (Fsp3) is 0.300. The maximum atomic E-state index is 12.7. The Morgan fingerprint density at radius 3 is 2.80 bits per heavy atom. The van der Waals surface area contributed by atoms with Gasteiger partial charge in [-0.3, -0.25) is 9.59 Å². The number of rotatable bonds is 5. The first-order chi connectivity index (χ1) is 12.1. The van der Waals surface area contributed by atoms with Gasteiger partial charge in [0, 0.05) is 5.92 Å². The van der Waals surface area contributed by atoms with Gasteiger partial charge >= 0.3 is 5.97 Å². The summed E-state index contributed by atoms with van der Waals surface area (Å²) in [7, 11) is 1.60. The molecule has 1 aromatic carbocycles. The topological polar surface area (TPSA) is 65.7 Å². The summed E-state index contributed by atoms with van der Waals surface area (Å²) in [6.07, 6.45) is 3.59. The molecule has 0 fully saturated rings. The number of carbonyl (C=O) groups is 2. The molecule has 0 radical (unpaired) electrons. The van der Waals surface area contributed by atoms with E-state index in [0.29, 0.717) is 17.9 Å². The minimum Gasteiger partial charge on any atom is -0.497 e. The third-order valence-corrected chi connectivity index (χ3v) is 4.35. The van der Waals surface area contributed by atoms with E-state index in [1.165, 1.54) is 6.08 Å². The number of allylic oxidation sites excluding steroid dienone is 2. The van der Waals surface area contributed by atoms with E-state index in [1.807, 2.05) is 24.3 Å². The highest BCUT2D eigenvalue weighted by atomic mass is 16.5. The molecule has 1 aliphatic carbocycles. The lowest BCUT2D eigenvalue weighted by Gasteiger charge is -2.27. The van der Waals surface area contributed by atoms with E-state index >= 15 is 0 Å². The van der Waals surface area contributed by atoms with Gasteiger partial charge in [-0.1, -0.05) is 12.1 Å². The first kappa shape index (κ1) is 17.0. The third-order valence-electron chi connectivity index (χ3n) is 4.35. The molecule has 0 aliphatic heterocycles. The van der Waals surface area contributed by atoms with Crippen LogP contribution in [0, 0.1) is 5.92 Å². The van der Waals surface area contributed by atoms with Crippen LogP contribution in [-0.2, 0) is 14.3 Å². The summed E-state index contributed by atoms with van der Waals surface area (Å²) < 4.78 is 15.9. The molecular formula is C20H20O5. The predicted molar refractivity (Wildman–Crippen MR) is 92.2 cm³/mol. The third kappa shape index (κ3) is 3.50. The summed E-state index contributed by atoms with van der Waals surface area (Å²) in [5.41, 5.74) is 1.75. The fourth-order valence-electron chi connectivity index (χ4n) is 3.18. The normalized spacial score (nSPS) is 20.1. The van der Waals surface area contributed by atoms with Crippen LogP contribution in [0.15, 0.2) is 53.2 Å². The Labute approximate surface area is 146 Å². The molecule has 3 rings (SSSR count). The van der Waals surface area contributed by atoms with E-state index < -0.39 is 11.9 Å². The lowest BCUT2D eigenvalue weighted by molar-refractivity contribution is -0.151. The minimum absolute atomic E-state index is 0.236. The number of hydrogen-bond donors (Lipinski definition) is 0. The second kappa shape index (κ2) is 7.38. The van der Waals surface area contributed by atoms with Crippen LogP contribution < -0.4 is 4.74 Å². The van der Waals surface area contributed by atoms with Crippen molar-refractivity contribution in [3.63, 3.8) is 0 Å². The molecule has 5 nitrogen and oxygen atoms in total. The highest BCUT2D eigenvalue weighted by Gasteiger charge is 2.41. The minimum atomic E-state index is -0.875. The highest BCUT2D eigenvalue weighted by Crippen LogP contribution is 2.40. The van der Waals surface area contributed by atoms with E-state index in [1.54, 1.807) is 32.4 Å². The monoisotopic (exact) mass is 340 g/mol. The molecule has 1 aromatic heterocycles. The average molecular weight is 340 g/mol. The zero-order valence-electron chi connectivity index (χ0n) is 14.2. The second-order valence-corrected chi connectivity index (χ2v) is 5.86. The molecule has 0 saturated heterocycles. The van der Waals surface area contributed by atoms with Crippen molar-refractivity contribution < 1.29 is 23.5 Å². The van der Waals surface area contributed by atoms with Gasteiger partial charge < -0.3 is 13.9 Å². The largest absolute Gasteiger partial charge is 0.497 e. The number of ether oxygens (including phenoxy) is 2. The van der Waals surface area contributed by atoms with Gasteiger partial charge in [-0.05, 0) is 54.8 Å². The van der Waals surface area contributed by atoms with Crippen molar-refractivity contribution in [3.8, 4) is 5.75 Å². The van der Waals surface area contributed by atoms with Crippen molar-refractivity contribution in [2.75, 3.05) is 13.7 Å². The SMILES string of the molecule is CCOC(=O)[C@H]1C(=O)C=C(c2cccc(OC)c2)C[C@H]1c1ccco1. The number of esters is 1. The van der Waals surface area contributed by atoms with E-state index in [4.69, 9.17) is 13.9 Å². The van der Waals surface area contributed by atoms with Crippen LogP contribution in [0.25, 0.3) is 5.57 Å². The number of furan rings is 1. The van der Waals surface area contributed by atoms with Crippen LogP contribution in [0.4, 0.5) is 0 Å². The van der Waals surface area contributed by atoms with Crippen molar-refractivity contribution >= 4 is 17.3 Å². The van der Waals surface area contributed by atoms with Crippen LogP contribution >= 0.6 is 0 Å². The molecular weight excluding hydrogens is 320 g/mol. The van der Waals surface area contributed by atoms with Gasteiger partial charge in [0.15, 0.2) is 5.78 Å². The van der Waals surface area contributed by atoms with Gasteiger partial charge in [0.2, 0.25) is 0 Å². The molecule has 0 spiro atoms. The first-order valence-corrected chi connectivity index (χ1v) is 8.23. The van der Waals surface area contributed by atoms with E-state index in [9.17, 15) is 9.59 Å². The van der Waals surface area contributed by atoms with Crippen LogP contribution in [0.5, 0.6) is 5.75 Å². The van der Waals surface area contributed by atoms with Crippen LogP contribution in [0.2, 0.25) is 0 Å². The maximum absolute atomic E-state index is 12.7. The van der Waals surface area contributed by atoms with Gasteiger partial charge in [-0.15, -0.1) is 0 Å². The standard InChI is InChI=1S/C20H20O5/c1-3-24-20(22)19-16(18-8-5-9-25-18)11-14(12-17(19)21)13-6-4-7-15(10-13)23-2/h4-10,12,16,19H,3,11H2,1-2H3/t16-,19+/m0/s1. The van der Waals surface area contributed by atoms with Gasteiger partial charge in [0.1, 0.15) is 17.4 Å². The molecule has 2 atom stereocenters. The van der Waals surface area contributed by atoms with Gasteiger partial charge in [-0.25, -0.2) is 0 Å². The number of benzene rings is 1. The summed E-state index contributed by atoms with van der Waals surface area (Å²) in [6, 6.07) is 11.1. The van der Waals surface area contributed by atoms with Crippen molar-refractivity contribution in [3.05, 3.63) is 60.1 Å². The molecule has 1 heterocycles. The lowest BCUT2D eigenvalue weighted by atomic mass is 9.76. The van der Waals surface area contributed by atoms with E-state index in [-0.39, 0.29) is 18.3 Å². The smallest absolute Gasteiger partial charge is 0.317 e. The molecule has 0 bridgehead atoms. The fourth-order valence-corrected chi connectivity index (χ4v) is 3.18. The zero-order valence-corrected chi connectivity index (χ0v) is 14.2. The summed E-state index contributed by atoms with van der Waals surface area (Å²) in [6.45, 7) is 1.96. The first-order valence-electron chi connectivity index (χ1n) is 8.23. The summed E-state index contributed by atoms with van der Waals surface area (Å²) in [5.74, 6) is -0.695. The summed E-state index contributed by atoms with van der Waals surface area (Å²) >= 11 is 0. The molecule has 0 N–H and O–H groups in total. The van der Waals surface area contributed by atoms with Crippen molar-refractivity contribution in [1.29, 1.82) is 0 Å². The molecule has 0 unspecified atom stereocenters. The molecule has 2 aromatic rings. The Morgan fingerprint density at radius 1 is 1.28 bits per heavy atom. The lowest BCUT2D eigenvalue weighted by Crippen LogP contribution is -2.33. The Hall–Kier alpha value is -2.82. The van der Waals surface area contributed by atoms with Crippen molar-refractivity contribution in [2.24, 2.45) is 5.92 Å². The summed E-state index contributed by atoms with van der Waals surface area (Å²) in [4.78, 5) is 25.0. The zero-order chi connectivity index (χ0) is 17.8. The molecule has 5 heteroatoms. The maximum Gasteiger partial charge on any atom is 0.317 e. The van der Waals surface area contributed by atoms with Crippen LogP contribution in [0.1, 0.15) is 30.6 Å². The average Bonchev–Trinajstić information content (AvgIpc) is 3.15. The Kier molecular flexibility index (Phi) is 5.03. The van der Waals surface area contributed by atoms with Gasteiger partial charge in [0.05, 0.1) is 20.0 Å². The quantitative estimate of drug-likeness (QED) is 0.614. The number of carbonyl (C=O) groups excluding carboxylic acids is 2. The Balaban J connectivity index is 1.99. The van der Waals surface area contributed by atoms with Gasteiger partial charge in [-0.2, -0.15) is 0 Å². The number of ketones is 1. The second-order valence-electron chi connectivity index (χ2n) is 5.86. The van der Waals surface area contributed by atoms with Crippen LogP contribution in [0.3, 0.4) is 0 Å². The van der Waals surface area contributed by atoms with E-state index in [0.717, 1.165) is 11.1 Å². The Morgan fingerprint density at radius 2 is 2.12 bits per heavy atom. The van der Waals surface area contributed by atoms with Crippen LogP contribution in [-0.4, -0.2) is 25.5 Å². The molecule has 0 amide bonds. The Bertz CT molecular complexity index is 788. The molecule has 130 valence electrons. The molecule has 1 aliphatic rings. The molecule has 25 heavy (non-hydrogen) atoms. The summed E-state index contributed by atoms with van der Waals surface area (Å²) in [5, 5.41) is 0.